The summed E-state index contributed by atoms with van der Waals surface area (Å²) in [5.41, 5.74) is 1.05. The number of piperazine rings is 1. The third kappa shape index (κ3) is 6.24. The molecule has 2 amide bonds. The summed E-state index contributed by atoms with van der Waals surface area (Å²) in [7, 11) is 1.65. The van der Waals surface area contributed by atoms with E-state index in [1.165, 1.54) is 0 Å². The molecule has 0 aliphatic carbocycles. The monoisotopic (exact) mass is 375 g/mol. The van der Waals surface area contributed by atoms with Crippen molar-refractivity contribution in [3.05, 3.63) is 29.8 Å². The van der Waals surface area contributed by atoms with Gasteiger partial charge in [0.25, 0.3) is 0 Å². The molecule has 1 aliphatic rings. The van der Waals surface area contributed by atoms with Crippen LogP contribution in [-0.2, 0) is 16.0 Å². The Labute approximate surface area is 163 Å². The highest BCUT2D eigenvalue weighted by Gasteiger charge is 2.24. The quantitative estimate of drug-likeness (QED) is 0.663. The Kier molecular flexibility index (Phi) is 8.58. The van der Waals surface area contributed by atoms with E-state index in [0.717, 1.165) is 30.9 Å². The largest absolute Gasteiger partial charge is 0.496 e. The minimum absolute atomic E-state index is 0.149. The van der Waals surface area contributed by atoms with Crippen molar-refractivity contribution in [1.29, 1.82) is 0 Å². The molecule has 27 heavy (non-hydrogen) atoms. The molecule has 0 aromatic heterocycles. The van der Waals surface area contributed by atoms with Crippen LogP contribution in [0.5, 0.6) is 5.75 Å². The van der Waals surface area contributed by atoms with Crippen molar-refractivity contribution in [2.75, 3.05) is 52.9 Å². The predicted molar refractivity (Wildman–Crippen MR) is 107 cm³/mol. The second kappa shape index (κ2) is 10.9. The number of aryl methyl sites for hydroxylation is 1. The van der Waals surface area contributed by atoms with E-state index in [1.54, 1.807) is 7.11 Å². The highest BCUT2D eigenvalue weighted by atomic mass is 16.5. The lowest BCUT2D eigenvalue weighted by Gasteiger charge is -2.35. The van der Waals surface area contributed by atoms with Crippen LogP contribution in [0.1, 0.15) is 32.3 Å². The van der Waals surface area contributed by atoms with Crippen molar-refractivity contribution in [1.82, 2.24) is 14.7 Å². The topological polar surface area (TPSA) is 53.1 Å². The first-order chi connectivity index (χ1) is 13.1. The summed E-state index contributed by atoms with van der Waals surface area (Å²) in [6, 6.07) is 7.81. The van der Waals surface area contributed by atoms with Gasteiger partial charge in [-0.2, -0.15) is 0 Å². The first kappa shape index (κ1) is 21.2. The molecule has 0 atom stereocenters. The van der Waals surface area contributed by atoms with Crippen molar-refractivity contribution >= 4 is 11.8 Å². The van der Waals surface area contributed by atoms with E-state index in [-0.39, 0.29) is 11.8 Å². The Morgan fingerprint density at radius 1 is 0.963 bits per heavy atom. The number of amides is 2. The molecule has 6 nitrogen and oxygen atoms in total. The fourth-order valence-corrected chi connectivity index (χ4v) is 3.47. The van der Waals surface area contributed by atoms with Gasteiger partial charge in [0.1, 0.15) is 5.75 Å². The molecule has 1 aromatic rings. The van der Waals surface area contributed by atoms with Crippen LogP contribution in [0.25, 0.3) is 0 Å². The van der Waals surface area contributed by atoms with Crippen LogP contribution in [0.3, 0.4) is 0 Å². The number of carbonyl (C=O) groups is 2. The Morgan fingerprint density at radius 2 is 1.52 bits per heavy atom. The van der Waals surface area contributed by atoms with Crippen LogP contribution in [0.15, 0.2) is 24.3 Å². The van der Waals surface area contributed by atoms with E-state index in [0.29, 0.717) is 45.4 Å². The first-order valence-electron chi connectivity index (χ1n) is 9.98. The summed E-state index contributed by atoms with van der Waals surface area (Å²) in [5.74, 6) is 1.17. The molecule has 6 heteroatoms. The maximum absolute atomic E-state index is 12.5. The van der Waals surface area contributed by atoms with E-state index in [2.05, 4.69) is 18.7 Å². The molecule has 1 heterocycles. The van der Waals surface area contributed by atoms with Crippen LogP contribution >= 0.6 is 0 Å². The van der Waals surface area contributed by atoms with Gasteiger partial charge in [0.05, 0.1) is 7.11 Å². The lowest BCUT2D eigenvalue weighted by Crippen LogP contribution is -2.51. The van der Waals surface area contributed by atoms with Gasteiger partial charge in [0, 0.05) is 45.6 Å². The summed E-state index contributed by atoms with van der Waals surface area (Å²) in [6.45, 7) is 9.51. The molecule has 1 aliphatic heterocycles. The average molecular weight is 376 g/mol. The molecule has 0 saturated carbocycles. The van der Waals surface area contributed by atoms with Crippen LogP contribution in [-0.4, -0.2) is 79.4 Å². The molecule has 1 fully saturated rings. The van der Waals surface area contributed by atoms with Gasteiger partial charge in [-0.3, -0.25) is 9.59 Å². The normalized spacial score (nSPS) is 14.5. The van der Waals surface area contributed by atoms with Crippen LogP contribution < -0.4 is 4.74 Å². The molecule has 150 valence electrons. The van der Waals surface area contributed by atoms with Crippen molar-refractivity contribution in [2.24, 2.45) is 0 Å². The summed E-state index contributed by atoms with van der Waals surface area (Å²) in [4.78, 5) is 30.9. The maximum Gasteiger partial charge on any atom is 0.223 e. The van der Waals surface area contributed by atoms with Gasteiger partial charge in [-0.25, -0.2) is 0 Å². The second-order valence-corrected chi connectivity index (χ2v) is 6.85. The Morgan fingerprint density at radius 3 is 2.07 bits per heavy atom. The highest BCUT2D eigenvalue weighted by Crippen LogP contribution is 2.19. The maximum atomic E-state index is 12.5. The lowest BCUT2D eigenvalue weighted by molar-refractivity contribution is -0.139. The number of carbonyl (C=O) groups excluding carboxylic acids is 2. The molecule has 0 radical (unpaired) electrons. The van der Waals surface area contributed by atoms with E-state index in [1.807, 2.05) is 34.1 Å². The zero-order valence-electron chi connectivity index (χ0n) is 16.9. The fraction of sp³-hybridized carbons (Fsp3) is 0.619. The number of benzene rings is 1. The van der Waals surface area contributed by atoms with Gasteiger partial charge in [-0.1, -0.05) is 32.0 Å². The predicted octanol–water partition coefficient (Wildman–Crippen LogP) is 2.03. The van der Waals surface area contributed by atoms with Crippen LogP contribution in [0.4, 0.5) is 0 Å². The highest BCUT2D eigenvalue weighted by molar-refractivity contribution is 5.78. The molecule has 1 saturated heterocycles. The number of hydrogen-bond acceptors (Lipinski definition) is 4. The number of rotatable bonds is 9. The van der Waals surface area contributed by atoms with Gasteiger partial charge < -0.3 is 19.4 Å². The summed E-state index contributed by atoms with van der Waals surface area (Å²) in [5, 5.41) is 0. The van der Waals surface area contributed by atoms with Gasteiger partial charge in [-0.05, 0) is 31.1 Å². The van der Waals surface area contributed by atoms with Crippen molar-refractivity contribution < 1.29 is 14.3 Å². The van der Waals surface area contributed by atoms with Gasteiger partial charge in [-0.15, -0.1) is 0 Å². The molecular weight excluding hydrogens is 342 g/mol. The average Bonchev–Trinajstić information content (AvgIpc) is 2.72. The van der Waals surface area contributed by atoms with Crippen LogP contribution in [0.2, 0.25) is 0 Å². The van der Waals surface area contributed by atoms with Gasteiger partial charge >= 0.3 is 0 Å². The first-order valence-corrected chi connectivity index (χ1v) is 9.98. The molecule has 0 spiro atoms. The van der Waals surface area contributed by atoms with Crippen LogP contribution in [0, 0.1) is 0 Å². The van der Waals surface area contributed by atoms with E-state index < -0.39 is 0 Å². The molecular formula is C21H33N3O3. The molecule has 1 aromatic carbocycles. The number of ether oxygens (including phenoxy) is 1. The van der Waals surface area contributed by atoms with Crippen molar-refractivity contribution in [3.8, 4) is 5.75 Å². The Bertz CT molecular complexity index is 608. The van der Waals surface area contributed by atoms with E-state index in [4.69, 9.17) is 4.74 Å². The number of para-hydroxylation sites is 1. The Hall–Kier alpha value is -2.08. The zero-order valence-corrected chi connectivity index (χ0v) is 16.9. The third-order valence-corrected chi connectivity index (χ3v) is 5.32. The van der Waals surface area contributed by atoms with Crippen molar-refractivity contribution in [2.45, 2.75) is 33.1 Å². The minimum Gasteiger partial charge on any atom is -0.496 e. The van der Waals surface area contributed by atoms with Gasteiger partial charge in [0.2, 0.25) is 11.8 Å². The van der Waals surface area contributed by atoms with E-state index in [9.17, 15) is 9.59 Å². The van der Waals surface area contributed by atoms with E-state index >= 15 is 0 Å². The number of hydrogen-bond donors (Lipinski definition) is 0. The smallest absolute Gasteiger partial charge is 0.223 e. The number of methoxy groups -OCH3 is 1. The fourth-order valence-electron chi connectivity index (χ4n) is 3.47. The third-order valence-electron chi connectivity index (χ3n) is 5.32. The standard InChI is InChI=1S/C21H33N3O3/c1-4-22(5-2)13-12-21(26)24-16-14-23(15-17-24)20(25)11-10-18-8-6-7-9-19(18)27-3/h6-9H,4-5,10-17H2,1-3H3. The summed E-state index contributed by atoms with van der Waals surface area (Å²) in [6.07, 6.45) is 1.70. The lowest BCUT2D eigenvalue weighted by atomic mass is 10.1. The van der Waals surface area contributed by atoms with Gasteiger partial charge in [0.15, 0.2) is 0 Å². The van der Waals surface area contributed by atoms with Crippen molar-refractivity contribution in [3.63, 3.8) is 0 Å². The molecule has 0 bridgehead atoms. The number of nitrogens with zero attached hydrogens (tertiary/aromatic N) is 3. The Balaban J connectivity index is 1.74. The zero-order chi connectivity index (χ0) is 19.6. The summed E-state index contributed by atoms with van der Waals surface area (Å²) >= 11 is 0. The molecule has 0 N–H and O–H groups in total. The second-order valence-electron chi connectivity index (χ2n) is 6.85. The minimum atomic E-state index is 0.149. The molecule has 0 unspecified atom stereocenters. The summed E-state index contributed by atoms with van der Waals surface area (Å²) < 4.78 is 5.35. The SMILES string of the molecule is CCN(CC)CCC(=O)N1CCN(C(=O)CCc2ccccc2OC)CC1. The molecule has 2 rings (SSSR count).